The summed E-state index contributed by atoms with van der Waals surface area (Å²) in [6, 6.07) is 6.91. The summed E-state index contributed by atoms with van der Waals surface area (Å²) in [6.07, 6.45) is 0. The predicted octanol–water partition coefficient (Wildman–Crippen LogP) is 1.50. The van der Waals surface area contributed by atoms with Crippen LogP contribution in [-0.2, 0) is 24.3 Å². The van der Waals surface area contributed by atoms with Crippen molar-refractivity contribution >= 4 is 32.5 Å². The highest BCUT2D eigenvalue weighted by Gasteiger charge is 2.23. The van der Waals surface area contributed by atoms with E-state index in [-0.39, 0.29) is 40.3 Å². The molecule has 2 N–H and O–H groups in total. The number of carbonyl (C=O) groups is 1. The van der Waals surface area contributed by atoms with Gasteiger partial charge >= 0.3 is 11.7 Å². The number of methoxy groups -OCH3 is 1. The second-order valence-electron chi connectivity index (χ2n) is 4.92. The maximum absolute atomic E-state index is 12.4. The minimum atomic E-state index is -4.04. The molecule has 2 aromatic rings. The first-order valence-corrected chi connectivity index (χ1v) is 8.63. The number of carbonyl (C=O) groups excluding carboxylic acids is 1. The largest absolute Gasteiger partial charge is 0.501 e. The molecular weight excluding hydrogens is 350 g/mol. The summed E-state index contributed by atoms with van der Waals surface area (Å²) in [4.78, 5) is 14.3. The molecule has 2 aromatic carbocycles. The number of phenolic OH excluding ortho intramolecular Hbond substituents is 1. The number of nitrogens with one attached hydrogen (secondary N) is 1. The molecule has 0 atom stereocenters. The number of sulfonamides is 1. The minimum absolute atomic E-state index is 0.0205. The number of esters is 1. The van der Waals surface area contributed by atoms with Crippen LogP contribution in [0.3, 0.4) is 0 Å². The van der Waals surface area contributed by atoms with Crippen LogP contribution in [0.5, 0.6) is 5.75 Å². The number of nitrogens with zero attached hydrogens (tertiary/aromatic N) is 2. The molecule has 0 heterocycles. The van der Waals surface area contributed by atoms with Gasteiger partial charge < -0.3 is 14.6 Å². The van der Waals surface area contributed by atoms with Crippen LogP contribution in [0.4, 0.5) is 5.69 Å². The van der Waals surface area contributed by atoms with Crippen LogP contribution in [0.25, 0.3) is 15.7 Å². The topological polar surface area (TPSA) is 130 Å². The Kier molecular flexibility index (Phi) is 5.87. The van der Waals surface area contributed by atoms with Gasteiger partial charge in [-0.05, 0) is 12.1 Å². The van der Waals surface area contributed by atoms with Gasteiger partial charge in [-0.2, -0.15) is 4.72 Å². The highest BCUT2D eigenvalue weighted by molar-refractivity contribution is 7.89. The summed E-state index contributed by atoms with van der Waals surface area (Å²) in [5.74, 6) is -1.10. The molecule has 0 fully saturated rings. The third kappa shape index (κ3) is 4.21. The molecule has 132 valence electrons. The van der Waals surface area contributed by atoms with Crippen LogP contribution < -0.4 is 4.72 Å². The number of ether oxygens (including phenoxy) is 2. The molecule has 0 aromatic heterocycles. The molecule has 0 spiro atoms. The number of hydrogen-bond donors (Lipinski definition) is 2. The normalized spacial score (nSPS) is 11.2. The summed E-state index contributed by atoms with van der Waals surface area (Å²) >= 11 is 0. The highest BCUT2D eigenvalue weighted by atomic mass is 32.2. The molecular formula is C15H16N3O6S+. The Balaban J connectivity index is 2.27. The number of rotatable bonds is 7. The Morgan fingerprint density at radius 2 is 2.00 bits per heavy atom. The van der Waals surface area contributed by atoms with Crippen LogP contribution in [0.2, 0.25) is 0 Å². The summed E-state index contributed by atoms with van der Waals surface area (Å²) in [5.41, 5.74) is -0.0864. The predicted molar refractivity (Wildman–Crippen MR) is 88.4 cm³/mol. The number of diazo groups is 1. The van der Waals surface area contributed by atoms with E-state index in [1.54, 1.807) is 0 Å². The molecule has 0 saturated carbocycles. The monoisotopic (exact) mass is 366 g/mol. The molecule has 9 nitrogen and oxygen atoms in total. The molecule has 10 heteroatoms. The van der Waals surface area contributed by atoms with Crippen molar-refractivity contribution in [2.45, 2.75) is 4.90 Å². The summed E-state index contributed by atoms with van der Waals surface area (Å²) < 4.78 is 36.5. The smallest absolute Gasteiger partial charge is 0.426 e. The molecule has 0 aliphatic rings. The van der Waals surface area contributed by atoms with Crippen molar-refractivity contribution in [3.8, 4) is 5.75 Å². The van der Waals surface area contributed by atoms with Crippen LogP contribution in [-0.4, -0.2) is 46.4 Å². The molecule has 0 amide bonds. The lowest BCUT2D eigenvalue weighted by molar-refractivity contribution is -0.143. The van der Waals surface area contributed by atoms with Gasteiger partial charge in [-0.25, -0.2) is 8.42 Å². The first-order valence-electron chi connectivity index (χ1n) is 7.14. The van der Waals surface area contributed by atoms with E-state index in [2.05, 4.69) is 9.70 Å². The van der Waals surface area contributed by atoms with Gasteiger partial charge in [-0.15, -0.1) is 0 Å². The number of aromatic hydroxyl groups is 1. The van der Waals surface area contributed by atoms with Gasteiger partial charge in [-0.1, -0.05) is 12.1 Å². The zero-order valence-electron chi connectivity index (χ0n) is 13.3. The van der Waals surface area contributed by atoms with Crippen LogP contribution >= 0.6 is 0 Å². The Labute approximate surface area is 143 Å². The van der Waals surface area contributed by atoms with Crippen LogP contribution in [0.15, 0.2) is 35.2 Å². The van der Waals surface area contributed by atoms with E-state index in [0.29, 0.717) is 0 Å². The SMILES string of the molecule is COCCOC(=O)CNS(=O)(=O)c1cccc2c(O)c([N+]#N)ccc12. The molecule has 0 unspecified atom stereocenters. The van der Waals surface area contributed by atoms with Gasteiger partial charge in [0.2, 0.25) is 21.2 Å². The lowest BCUT2D eigenvalue weighted by Crippen LogP contribution is -2.31. The van der Waals surface area contributed by atoms with E-state index in [0.717, 1.165) is 0 Å². The average molecular weight is 366 g/mol. The van der Waals surface area contributed by atoms with Crippen molar-refractivity contribution in [2.24, 2.45) is 0 Å². The fraction of sp³-hybridized carbons (Fsp3) is 0.267. The molecule has 0 aliphatic carbocycles. The Hall–Kier alpha value is -2.74. The third-order valence-corrected chi connectivity index (χ3v) is 4.79. The Bertz CT molecular complexity index is 936. The molecule has 0 saturated heterocycles. The molecule has 25 heavy (non-hydrogen) atoms. The van der Waals surface area contributed by atoms with Gasteiger partial charge in [0.05, 0.1) is 11.5 Å². The lowest BCUT2D eigenvalue weighted by atomic mass is 10.1. The first-order chi connectivity index (χ1) is 11.9. The summed E-state index contributed by atoms with van der Waals surface area (Å²) in [7, 11) is -2.59. The third-order valence-electron chi connectivity index (χ3n) is 3.33. The number of hydrogen-bond acceptors (Lipinski definition) is 7. The fourth-order valence-electron chi connectivity index (χ4n) is 2.14. The van der Waals surface area contributed by atoms with Crippen molar-refractivity contribution in [3.05, 3.63) is 35.3 Å². The fourth-order valence-corrected chi connectivity index (χ4v) is 3.33. The van der Waals surface area contributed by atoms with Gasteiger partial charge in [0.1, 0.15) is 13.2 Å². The number of fused-ring (bicyclic) bond motifs is 1. The summed E-state index contributed by atoms with van der Waals surface area (Å²) in [5, 5.41) is 19.2. The second-order valence-corrected chi connectivity index (χ2v) is 6.66. The van der Waals surface area contributed by atoms with Crippen molar-refractivity contribution in [2.75, 3.05) is 26.9 Å². The van der Waals surface area contributed by atoms with E-state index in [1.165, 1.54) is 37.4 Å². The van der Waals surface area contributed by atoms with Crippen molar-refractivity contribution in [1.82, 2.24) is 4.72 Å². The lowest BCUT2D eigenvalue weighted by Gasteiger charge is -2.09. The highest BCUT2D eigenvalue weighted by Crippen LogP contribution is 2.36. The average Bonchev–Trinajstić information content (AvgIpc) is 2.60. The molecule has 0 radical (unpaired) electrons. The Morgan fingerprint density at radius 1 is 1.24 bits per heavy atom. The number of phenols is 1. The van der Waals surface area contributed by atoms with E-state index >= 15 is 0 Å². The maximum Gasteiger partial charge on any atom is 0.426 e. The zero-order chi connectivity index (χ0) is 18.4. The summed E-state index contributed by atoms with van der Waals surface area (Å²) in [6.45, 7) is -0.315. The maximum atomic E-state index is 12.4. The molecule has 2 rings (SSSR count). The van der Waals surface area contributed by atoms with E-state index in [1.807, 2.05) is 0 Å². The standard InChI is InChI=1S/C15H15N3O6S/c1-23-7-8-24-14(19)9-17-25(21,22)13-4-2-3-11-10(13)5-6-12(18-16)15(11)20/h2-6,17H,7-9H2,1H3/p+1. The van der Waals surface area contributed by atoms with Gasteiger partial charge in [0.15, 0.2) is 4.98 Å². The van der Waals surface area contributed by atoms with E-state index < -0.39 is 22.5 Å². The van der Waals surface area contributed by atoms with Crippen LogP contribution in [0, 0.1) is 5.39 Å². The van der Waals surface area contributed by atoms with Gasteiger partial charge in [0.25, 0.3) is 0 Å². The van der Waals surface area contributed by atoms with Gasteiger partial charge in [0, 0.05) is 23.9 Å². The van der Waals surface area contributed by atoms with E-state index in [4.69, 9.17) is 14.9 Å². The quantitative estimate of drug-likeness (QED) is 0.431. The van der Waals surface area contributed by atoms with Gasteiger partial charge in [-0.3, -0.25) is 4.79 Å². The molecule has 0 aliphatic heterocycles. The van der Waals surface area contributed by atoms with Crippen LogP contribution in [0.1, 0.15) is 0 Å². The minimum Gasteiger partial charge on any atom is -0.501 e. The Morgan fingerprint density at radius 3 is 2.68 bits per heavy atom. The van der Waals surface area contributed by atoms with Crippen molar-refractivity contribution in [3.63, 3.8) is 0 Å². The van der Waals surface area contributed by atoms with Crippen molar-refractivity contribution in [1.29, 1.82) is 5.39 Å². The second kappa shape index (κ2) is 7.89. The molecule has 0 bridgehead atoms. The van der Waals surface area contributed by atoms with E-state index in [9.17, 15) is 18.3 Å². The zero-order valence-corrected chi connectivity index (χ0v) is 14.1. The first kappa shape index (κ1) is 18.6. The number of benzene rings is 2. The van der Waals surface area contributed by atoms with Crippen molar-refractivity contribution < 1.29 is 27.8 Å².